The molecule has 1 aromatic carbocycles. The van der Waals surface area contributed by atoms with Gasteiger partial charge in [-0.05, 0) is 12.8 Å². The van der Waals surface area contributed by atoms with E-state index in [1.807, 2.05) is 0 Å². The smallest absolute Gasteiger partial charge is 0.188 e. The highest BCUT2D eigenvalue weighted by Gasteiger charge is 2.22. The van der Waals surface area contributed by atoms with E-state index in [2.05, 4.69) is 32.9 Å². The van der Waals surface area contributed by atoms with E-state index < -0.39 is 17.5 Å². The van der Waals surface area contributed by atoms with E-state index in [0.29, 0.717) is 29.9 Å². The van der Waals surface area contributed by atoms with Crippen molar-refractivity contribution in [3.63, 3.8) is 0 Å². The Bertz CT molecular complexity index is 958. The van der Waals surface area contributed by atoms with Gasteiger partial charge in [-0.3, -0.25) is 4.57 Å². The van der Waals surface area contributed by atoms with Gasteiger partial charge in [0.25, 0.3) is 0 Å². The van der Waals surface area contributed by atoms with Crippen LogP contribution in [0.3, 0.4) is 0 Å². The van der Waals surface area contributed by atoms with Gasteiger partial charge >= 0.3 is 0 Å². The fourth-order valence-corrected chi connectivity index (χ4v) is 2.92. The molecule has 1 N–H and O–H groups in total. The minimum atomic E-state index is -1.27. The summed E-state index contributed by atoms with van der Waals surface area (Å²) in [5.74, 6) is -3.26. The molecule has 0 spiro atoms. The van der Waals surface area contributed by atoms with Gasteiger partial charge in [-0.2, -0.15) is 0 Å². The average Bonchev–Trinajstić information content (AvgIpc) is 3.21. The molecule has 0 radical (unpaired) electrons. The van der Waals surface area contributed by atoms with Crippen molar-refractivity contribution in [2.24, 2.45) is 0 Å². The largest absolute Gasteiger partial charge is 0.358 e. The minimum absolute atomic E-state index is 0.123. The van der Waals surface area contributed by atoms with E-state index in [-0.39, 0.29) is 22.9 Å². The third kappa shape index (κ3) is 2.91. The zero-order valence-corrected chi connectivity index (χ0v) is 13.6. The summed E-state index contributed by atoms with van der Waals surface area (Å²) in [5.41, 5.74) is 0.535. The standard InChI is InChI=1S/C15H12F3N5OS/c16-7-4-9(18)10(5-8(7)17)20-13-12-14(22-15(25)21-13)23(6-19-12)11-2-1-3-24-11/h4-6,11H,1-3H2,(H2,20,21,22,25). The molecule has 6 nitrogen and oxygen atoms in total. The SMILES string of the molecule is Fc1cc(F)c(Nc2nc(S)nc3c2ncn3C2CCCO2)cc1F. The molecule has 1 fully saturated rings. The number of hydrogen-bond donors (Lipinski definition) is 2. The third-order valence-electron chi connectivity index (χ3n) is 3.89. The molecule has 130 valence electrons. The lowest BCUT2D eigenvalue weighted by Gasteiger charge is -2.12. The molecular formula is C15H12F3N5OS. The molecule has 1 aliphatic heterocycles. The molecule has 0 saturated carbocycles. The Morgan fingerprint density at radius 1 is 1.16 bits per heavy atom. The fourth-order valence-electron chi connectivity index (χ4n) is 2.73. The lowest BCUT2D eigenvalue weighted by atomic mass is 10.2. The Labute approximate surface area is 145 Å². The van der Waals surface area contributed by atoms with Crippen molar-refractivity contribution in [3.05, 3.63) is 35.9 Å². The maximum atomic E-state index is 13.9. The lowest BCUT2D eigenvalue weighted by molar-refractivity contribution is 0.0592. The third-order valence-corrected chi connectivity index (χ3v) is 4.09. The Morgan fingerprint density at radius 3 is 2.72 bits per heavy atom. The average molecular weight is 367 g/mol. The van der Waals surface area contributed by atoms with Crippen molar-refractivity contribution in [1.29, 1.82) is 0 Å². The predicted octanol–water partition coefficient (Wildman–Crippen LogP) is 3.58. The molecular weight excluding hydrogens is 355 g/mol. The molecule has 0 aliphatic carbocycles. The highest BCUT2D eigenvalue weighted by Crippen LogP contribution is 2.30. The number of anilines is 2. The van der Waals surface area contributed by atoms with Gasteiger partial charge in [0.05, 0.1) is 12.0 Å². The van der Waals surface area contributed by atoms with E-state index in [9.17, 15) is 13.2 Å². The van der Waals surface area contributed by atoms with Crippen LogP contribution in [0.25, 0.3) is 11.2 Å². The van der Waals surface area contributed by atoms with Crippen LogP contribution >= 0.6 is 12.6 Å². The number of imidazole rings is 1. The van der Waals surface area contributed by atoms with Gasteiger partial charge in [0.15, 0.2) is 33.8 Å². The minimum Gasteiger partial charge on any atom is -0.358 e. The number of aromatic nitrogens is 4. The second kappa shape index (κ2) is 6.19. The van der Waals surface area contributed by atoms with E-state index >= 15 is 0 Å². The number of fused-ring (bicyclic) bond motifs is 1. The maximum Gasteiger partial charge on any atom is 0.188 e. The Hall–Kier alpha value is -2.33. The van der Waals surface area contributed by atoms with Crippen LogP contribution in [0.2, 0.25) is 0 Å². The van der Waals surface area contributed by atoms with E-state index in [1.165, 1.54) is 0 Å². The van der Waals surface area contributed by atoms with Crippen molar-refractivity contribution in [3.8, 4) is 0 Å². The van der Waals surface area contributed by atoms with Gasteiger partial charge in [-0.1, -0.05) is 0 Å². The summed E-state index contributed by atoms with van der Waals surface area (Å²) in [5, 5.41) is 2.75. The topological polar surface area (TPSA) is 64.9 Å². The van der Waals surface area contributed by atoms with Gasteiger partial charge in [-0.15, -0.1) is 12.6 Å². The molecule has 2 aromatic heterocycles. The molecule has 1 saturated heterocycles. The lowest BCUT2D eigenvalue weighted by Crippen LogP contribution is -2.07. The summed E-state index contributed by atoms with van der Waals surface area (Å²) in [6.07, 6.45) is 3.10. The van der Waals surface area contributed by atoms with Crippen LogP contribution in [-0.2, 0) is 4.74 Å². The molecule has 1 unspecified atom stereocenters. The van der Waals surface area contributed by atoms with Gasteiger partial charge in [0.2, 0.25) is 0 Å². The quantitative estimate of drug-likeness (QED) is 0.421. The molecule has 3 heterocycles. The van der Waals surface area contributed by atoms with Crippen molar-refractivity contribution in [2.45, 2.75) is 24.2 Å². The second-order valence-electron chi connectivity index (χ2n) is 5.54. The van der Waals surface area contributed by atoms with Crippen molar-refractivity contribution in [1.82, 2.24) is 19.5 Å². The van der Waals surface area contributed by atoms with Crippen LogP contribution < -0.4 is 5.32 Å². The van der Waals surface area contributed by atoms with Gasteiger partial charge in [0.1, 0.15) is 12.0 Å². The monoisotopic (exact) mass is 367 g/mol. The Balaban J connectivity index is 1.78. The fraction of sp³-hybridized carbons (Fsp3) is 0.267. The van der Waals surface area contributed by atoms with E-state index in [1.54, 1.807) is 10.9 Å². The molecule has 1 aliphatic rings. The highest BCUT2D eigenvalue weighted by molar-refractivity contribution is 7.80. The van der Waals surface area contributed by atoms with Gasteiger partial charge < -0.3 is 10.1 Å². The van der Waals surface area contributed by atoms with Crippen LogP contribution in [0.15, 0.2) is 23.6 Å². The van der Waals surface area contributed by atoms with Crippen molar-refractivity contribution >= 4 is 35.3 Å². The van der Waals surface area contributed by atoms with Crippen LogP contribution in [-0.4, -0.2) is 26.1 Å². The number of nitrogens with zero attached hydrogens (tertiary/aromatic N) is 4. The molecule has 0 bridgehead atoms. The zero-order chi connectivity index (χ0) is 17.6. The predicted molar refractivity (Wildman–Crippen MR) is 86.4 cm³/mol. The van der Waals surface area contributed by atoms with Gasteiger partial charge in [0, 0.05) is 18.7 Å². The molecule has 1 atom stereocenters. The highest BCUT2D eigenvalue weighted by atomic mass is 32.1. The van der Waals surface area contributed by atoms with Crippen LogP contribution in [0.5, 0.6) is 0 Å². The first-order valence-corrected chi connectivity index (χ1v) is 7.94. The Morgan fingerprint density at radius 2 is 1.96 bits per heavy atom. The molecule has 4 rings (SSSR count). The normalized spacial score (nSPS) is 17.4. The zero-order valence-electron chi connectivity index (χ0n) is 12.7. The first kappa shape index (κ1) is 16.2. The Kier molecular flexibility index (Phi) is 4.00. The molecule has 10 heteroatoms. The van der Waals surface area contributed by atoms with Crippen molar-refractivity contribution in [2.75, 3.05) is 11.9 Å². The van der Waals surface area contributed by atoms with Crippen molar-refractivity contribution < 1.29 is 17.9 Å². The number of hydrogen-bond acceptors (Lipinski definition) is 6. The number of halogens is 3. The van der Waals surface area contributed by atoms with E-state index in [4.69, 9.17) is 4.74 Å². The second-order valence-corrected chi connectivity index (χ2v) is 5.94. The molecule has 0 amide bonds. The summed E-state index contributed by atoms with van der Waals surface area (Å²) in [6, 6.07) is 1.18. The maximum absolute atomic E-state index is 13.9. The number of benzene rings is 1. The number of thiol groups is 1. The summed E-state index contributed by atoms with van der Waals surface area (Å²) in [4.78, 5) is 12.6. The number of nitrogens with one attached hydrogen (secondary N) is 1. The summed E-state index contributed by atoms with van der Waals surface area (Å²) < 4.78 is 47.7. The molecule has 3 aromatic rings. The van der Waals surface area contributed by atoms with E-state index in [0.717, 1.165) is 12.8 Å². The number of ether oxygens (including phenoxy) is 1. The first-order valence-electron chi connectivity index (χ1n) is 7.49. The van der Waals surface area contributed by atoms with Crippen LogP contribution in [0.1, 0.15) is 19.1 Å². The van der Waals surface area contributed by atoms with Crippen LogP contribution in [0, 0.1) is 17.5 Å². The summed E-state index contributed by atoms with van der Waals surface area (Å²) in [7, 11) is 0. The number of rotatable bonds is 3. The summed E-state index contributed by atoms with van der Waals surface area (Å²) in [6.45, 7) is 0.647. The van der Waals surface area contributed by atoms with Gasteiger partial charge in [-0.25, -0.2) is 28.1 Å². The first-order chi connectivity index (χ1) is 12.0. The molecule has 25 heavy (non-hydrogen) atoms. The summed E-state index contributed by atoms with van der Waals surface area (Å²) >= 11 is 4.15. The van der Waals surface area contributed by atoms with Crippen LogP contribution in [0.4, 0.5) is 24.7 Å².